The molecule has 1 N–H and O–H groups in total. The summed E-state index contributed by atoms with van der Waals surface area (Å²) in [4.78, 5) is 0. The summed E-state index contributed by atoms with van der Waals surface area (Å²) in [5.41, 5.74) is 1.06. The van der Waals surface area contributed by atoms with Crippen molar-refractivity contribution in [2.75, 3.05) is 0 Å². The third-order valence-electron chi connectivity index (χ3n) is 4.09. The largest absolute Gasteiger partial charge is 0.388 e. The molecule has 0 fully saturated rings. The van der Waals surface area contributed by atoms with Crippen LogP contribution in [0.3, 0.4) is 0 Å². The van der Waals surface area contributed by atoms with Gasteiger partial charge in [0.1, 0.15) is 0 Å². The maximum absolute atomic E-state index is 10.7. The van der Waals surface area contributed by atoms with Crippen LogP contribution in [0.4, 0.5) is 0 Å². The molecule has 2 rings (SSSR count). The zero-order chi connectivity index (χ0) is 14.6. The van der Waals surface area contributed by atoms with E-state index in [0.29, 0.717) is 0 Å². The highest BCUT2D eigenvalue weighted by atomic mass is 28.3. The second-order valence-corrected chi connectivity index (χ2v) is 10.4. The average molecular weight is 282 g/mol. The summed E-state index contributed by atoms with van der Waals surface area (Å²) < 4.78 is 0. The lowest BCUT2D eigenvalue weighted by atomic mass is 10.1. The lowest BCUT2D eigenvalue weighted by Crippen LogP contribution is -2.47. The third kappa shape index (κ3) is 2.92. The van der Waals surface area contributed by atoms with Crippen molar-refractivity contribution in [3.8, 4) is 0 Å². The Morgan fingerprint density at radius 3 is 1.95 bits per heavy atom. The van der Waals surface area contributed by atoms with Gasteiger partial charge in [-0.1, -0.05) is 85.0 Å². The molecule has 2 aromatic carbocycles. The molecule has 20 heavy (non-hydrogen) atoms. The molecule has 1 nitrogen and oxygen atoms in total. The quantitative estimate of drug-likeness (QED) is 0.651. The van der Waals surface area contributed by atoms with E-state index >= 15 is 0 Å². The number of aliphatic hydroxyl groups excluding tert-OH is 1. The summed E-state index contributed by atoms with van der Waals surface area (Å²) in [6.45, 7) is 8.56. The van der Waals surface area contributed by atoms with Crippen molar-refractivity contribution >= 4 is 13.3 Å². The molecule has 0 saturated heterocycles. The molecule has 0 radical (unpaired) electrons. The normalized spacial score (nSPS) is 14.6. The first-order valence-electron chi connectivity index (χ1n) is 6.98. The molecule has 0 unspecified atom stereocenters. The smallest absolute Gasteiger partial charge is 0.0906 e. The van der Waals surface area contributed by atoms with Crippen LogP contribution >= 0.6 is 0 Å². The molecular formula is C18H22OSi. The molecule has 0 spiro atoms. The van der Waals surface area contributed by atoms with Gasteiger partial charge in [-0.05, 0) is 5.56 Å². The predicted octanol–water partition coefficient (Wildman–Crippen LogP) is 3.89. The zero-order valence-corrected chi connectivity index (χ0v) is 13.2. The van der Waals surface area contributed by atoms with E-state index in [-0.39, 0.29) is 5.54 Å². The van der Waals surface area contributed by atoms with E-state index in [2.05, 4.69) is 43.9 Å². The highest BCUT2D eigenvalue weighted by Crippen LogP contribution is 2.35. The van der Waals surface area contributed by atoms with Gasteiger partial charge < -0.3 is 5.11 Å². The predicted molar refractivity (Wildman–Crippen MR) is 88.9 cm³/mol. The molecule has 0 saturated carbocycles. The highest BCUT2D eigenvalue weighted by molar-refractivity contribution is 6.91. The van der Waals surface area contributed by atoms with Crippen LogP contribution in [0.2, 0.25) is 18.6 Å². The van der Waals surface area contributed by atoms with Crippen molar-refractivity contribution < 1.29 is 5.11 Å². The monoisotopic (exact) mass is 282 g/mol. The molecule has 2 atom stereocenters. The van der Waals surface area contributed by atoms with Gasteiger partial charge in [0.25, 0.3) is 0 Å². The fraction of sp³-hybridized carbons (Fsp3) is 0.222. The van der Waals surface area contributed by atoms with Crippen LogP contribution in [0.25, 0.3) is 0 Å². The van der Waals surface area contributed by atoms with Crippen LogP contribution in [-0.2, 0) is 0 Å². The lowest BCUT2D eigenvalue weighted by molar-refractivity contribution is 0.179. The molecule has 0 aliphatic carbocycles. The number of rotatable bonds is 5. The molecule has 2 heteroatoms. The average Bonchev–Trinajstić information content (AvgIpc) is 2.49. The fourth-order valence-corrected chi connectivity index (χ4v) is 5.74. The Morgan fingerprint density at radius 1 is 0.950 bits per heavy atom. The van der Waals surface area contributed by atoms with E-state index in [4.69, 9.17) is 0 Å². The van der Waals surface area contributed by atoms with Crippen LogP contribution in [0.15, 0.2) is 73.3 Å². The van der Waals surface area contributed by atoms with E-state index in [1.807, 2.05) is 42.5 Å². The number of benzene rings is 2. The van der Waals surface area contributed by atoms with E-state index in [9.17, 15) is 5.11 Å². The number of hydrogen-bond donors (Lipinski definition) is 1. The van der Waals surface area contributed by atoms with Gasteiger partial charge in [-0.25, -0.2) is 0 Å². The van der Waals surface area contributed by atoms with Crippen molar-refractivity contribution in [3.63, 3.8) is 0 Å². The number of aliphatic hydroxyl groups is 1. The minimum atomic E-state index is -1.82. The summed E-state index contributed by atoms with van der Waals surface area (Å²) in [5, 5.41) is 12.1. The minimum absolute atomic E-state index is 0.0901. The fourth-order valence-electron chi connectivity index (χ4n) is 2.74. The Bertz CT molecular complexity index is 548. The van der Waals surface area contributed by atoms with Crippen molar-refractivity contribution in [3.05, 3.63) is 78.9 Å². The molecule has 0 bridgehead atoms. The molecule has 0 heterocycles. The Morgan fingerprint density at radius 2 is 1.45 bits per heavy atom. The van der Waals surface area contributed by atoms with Gasteiger partial charge in [0, 0.05) is 5.54 Å². The van der Waals surface area contributed by atoms with Gasteiger partial charge in [-0.15, -0.1) is 6.58 Å². The van der Waals surface area contributed by atoms with Crippen molar-refractivity contribution in [1.29, 1.82) is 0 Å². The maximum Gasteiger partial charge on any atom is 0.0906 e. The highest BCUT2D eigenvalue weighted by Gasteiger charge is 2.36. The lowest BCUT2D eigenvalue weighted by Gasteiger charge is -2.34. The molecule has 0 aromatic heterocycles. The second-order valence-electron chi connectivity index (χ2n) is 5.70. The summed E-state index contributed by atoms with van der Waals surface area (Å²) in [7, 11) is -1.82. The van der Waals surface area contributed by atoms with E-state index in [1.54, 1.807) is 0 Å². The first-order valence-corrected chi connectivity index (χ1v) is 10.1. The van der Waals surface area contributed by atoms with Crippen LogP contribution in [0.1, 0.15) is 11.7 Å². The van der Waals surface area contributed by atoms with Gasteiger partial charge >= 0.3 is 0 Å². The van der Waals surface area contributed by atoms with Gasteiger partial charge in [-0.3, -0.25) is 0 Å². The second kappa shape index (κ2) is 6.20. The molecule has 0 aliphatic rings. The van der Waals surface area contributed by atoms with Crippen molar-refractivity contribution in [2.45, 2.75) is 24.7 Å². The summed E-state index contributed by atoms with van der Waals surface area (Å²) >= 11 is 0. The maximum atomic E-state index is 10.7. The van der Waals surface area contributed by atoms with Crippen molar-refractivity contribution in [1.82, 2.24) is 0 Å². The first-order chi connectivity index (χ1) is 9.57. The van der Waals surface area contributed by atoms with Crippen LogP contribution in [0, 0.1) is 0 Å². The van der Waals surface area contributed by atoms with Crippen molar-refractivity contribution in [2.24, 2.45) is 0 Å². The van der Waals surface area contributed by atoms with Crippen LogP contribution in [0.5, 0.6) is 0 Å². The van der Waals surface area contributed by atoms with E-state index in [1.165, 1.54) is 5.19 Å². The standard InChI is InChI=1S/C18H22OSi/c1-4-17(18(19)15-11-7-5-8-12-15)20(2,3)16-13-9-6-10-14-16/h4-14,17-19H,1H2,2-3H3/t17-,18-/m0/s1. The molecule has 2 aromatic rings. The topological polar surface area (TPSA) is 20.2 Å². The SMILES string of the molecule is C=C[C@@H]([C@@H](O)c1ccccc1)[Si](C)(C)c1ccccc1. The minimum Gasteiger partial charge on any atom is -0.388 e. The summed E-state index contributed by atoms with van der Waals surface area (Å²) in [6.07, 6.45) is 1.44. The van der Waals surface area contributed by atoms with Gasteiger partial charge in [0.05, 0.1) is 14.2 Å². The zero-order valence-electron chi connectivity index (χ0n) is 12.2. The van der Waals surface area contributed by atoms with Gasteiger partial charge in [-0.2, -0.15) is 0 Å². The first kappa shape index (κ1) is 14.8. The Balaban J connectivity index is 2.35. The Kier molecular flexibility index (Phi) is 4.58. The van der Waals surface area contributed by atoms with Gasteiger partial charge in [0.2, 0.25) is 0 Å². The summed E-state index contributed by atoms with van der Waals surface area (Å²) in [6, 6.07) is 20.4. The van der Waals surface area contributed by atoms with E-state index < -0.39 is 14.2 Å². The Labute approximate surface area is 122 Å². The number of hydrogen-bond acceptors (Lipinski definition) is 1. The van der Waals surface area contributed by atoms with Crippen LogP contribution < -0.4 is 5.19 Å². The molecular weight excluding hydrogens is 260 g/mol. The third-order valence-corrected chi connectivity index (χ3v) is 8.13. The summed E-state index contributed by atoms with van der Waals surface area (Å²) in [5.74, 6) is 0. The molecule has 0 amide bonds. The Hall–Kier alpha value is -1.64. The van der Waals surface area contributed by atoms with Gasteiger partial charge in [0.15, 0.2) is 0 Å². The molecule has 0 aliphatic heterocycles. The van der Waals surface area contributed by atoms with E-state index in [0.717, 1.165) is 5.56 Å². The van der Waals surface area contributed by atoms with Crippen LogP contribution in [-0.4, -0.2) is 13.2 Å². The molecule has 104 valence electrons.